The van der Waals surface area contributed by atoms with Gasteiger partial charge < -0.3 is 15.4 Å². The third kappa shape index (κ3) is 3.33. The lowest BCUT2D eigenvalue weighted by Gasteiger charge is -2.19. The summed E-state index contributed by atoms with van der Waals surface area (Å²) in [5.41, 5.74) is 1.27. The Morgan fingerprint density at radius 3 is 2.47 bits per heavy atom. The summed E-state index contributed by atoms with van der Waals surface area (Å²) in [5.74, 6) is -0.416. The number of ether oxygens (including phenoxy) is 1. The first-order valence-corrected chi connectivity index (χ1v) is 10.6. The summed E-state index contributed by atoms with van der Waals surface area (Å²) in [6.45, 7) is 0.975. The lowest BCUT2D eigenvalue weighted by molar-refractivity contribution is -0.115. The van der Waals surface area contributed by atoms with Crippen LogP contribution >= 0.6 is 0 Å². The fourth-order valence-corrected chi connectivity index (χ4v) is 5.20. The SMILES string of the molecule is COc1ccc(NC(C)=O)cc1NC(=O)CN1c2cccc3cccc(c23)S1(=O)=O. The van der Waals surface area contributed by atoms with Crippen molar-refractivity contribution >= 4 is 49.7 Å². The number of nitrogens with zero attached hydrogens (tertiary/aromatic N) is 1. The summed E-state index contributed by atoms with van der Waals surface area (Å²) in [5, 5.41) is 6.71. The van der Waals surface area contributed by atoms with Gasteiger partial charge in [-0.25, -0.2) is 8.42 Å². The second-order valence-electron chi connectivity index (χ2n) is 6.79. The summed E-state index contributed by atoms with van der Waals surface area (Å²) >= 11 is 0. The Morgan fingerprint density at radius 1 is 1.03 bits per heavy atom. The molecular formula is C21H19N3O5S. The lowest BCUT2D eigenvalue weighted by Crippen LogP contribution is -2.35. The topological polar surface area (TPSA) is 105 Å². The van der Waals surface area contributed by atoms with Crippen LogP contribution in [0.3, 0.4) is 0 Å². The number of sulfonamides is 1. The van der Waals surface area contributed by atoms with Crippen molar-refractivity contribution in [1.82, 2.24) is 0 Å². The van der Waals surface area contributed by atoms with Crippen LogP contribution < -0.4 is 19.7 Å². The molecule has 1 heterocycles. The molecule has 0 aromatic heterocycles. The van der Waals surface area contributed by atoms with Crippen molar-refractivity contribution < 1.29 is 22.7 Å². The predicted octanol–water partition coefficient (Wildman–Crippen LogP) is 2.95. The van der Waals surface area contributed by atoms with Crippen molar-refractivity contribution in [2.75, 3.05) is 28.6 Å². The lowest BCUT2D eigenvalue weighted by atomic mass is 10.1. The van der Waals surface area contributed by atoms with Crippen LogP contribution in [-0.2, 0) is 19.6 Å². The second kappa shape index (κ2) is 7.34. The fourth-order valence-electron chi connectivity index (χ4n) is 3.54. The maximum absolute atomic E-state index is 13.0. The molecule has 3 aromatic carbocycles. The summed E-state index contributed by atoms with van der Waals surface area (Å²) in [7, 11) is -2.39. The third-order valence-corrected chi connectivity index (χ3v) is 6.56. The number of nitrogens with one attached hydrogen (secondary N) is 2. The highest BCUT2D eigenvalue weighted by Gasteiger charge is 2.36. The van der Waals surface area contributed by atoms with Crippen LogP contribution in [-0.4, -0.2) is 33.9 Å². The molecule has 0 radical (unpaired) electrons. The first-order valence-electron chi connectivity index (χ1n) is 9.11. The highest BCUT2D eigenvalue weighted by Crippen LogP contribution is 2.41. The van der Waals surface area contributed by atoms with Gasteiger partial charge in [0.1, 0.15) is 12.3 Å². The number of methoxy groups -OCH3 is 1. The minimum absolute atomic E-state index is 0.189. The van der Waals surface area contributed by atoms with Crippen LogP contribution in [0.2, 0.25) is 0 Å². The van der Waals surface area contributed by atoms with Crippen molar-refractivity contribution in [2.45, 2.75) is 11.8 Å². The zero-order valence-corrected chi connectivity index (χ0v) is 17.1. The largest absolute Gasteiger partial charge is 0.495 e. The van der Waals surface area contributed by atoms with E-state index >= 15 is 0 Å². The summed E-state index contributed by atoms with van der Waals surface area (Å²) in [6, 6.07) is 15.1. The normalized spacial score (nSPS) is 13.9. The first-order chi connectivity index (χ1) is 14.3. The molecule has 0 bridgehead atoms. The number of hydrogen-bond acceptors (Lipinski definition) is 5. The molecule has 0 aliphatic carbocycles. The molecular weight excluding hydrogens is 406 g/mol. The number of carbonyl (C=O) groups excluding carboxylic acids is 2. The van der Waals surface area contributed by atoms with E-state index in [1.54, 1.807) is 42.5 Å². The number of rotatable bonds is 5. The molecule has 8 nitrogen and oxygen atoms in total. The van der Waals surface area contributed by atoms with E-state index in [-0.39, 0.29) is 10.8 Å². The molecule has 0 spiro atoms. The van der Waals surface area contributed by atoms with Crippen molar-refractivity contribution in [3.05, 3.63) is 54.6 Å². The smallest absolute Gasteiger partial charge is 0.265 e. The molecule has 1 aliphatic rings. The van der Waals surface area contributed by atoms with Crippen molar-refractivity contribution in [3.63, 3.8) is 0 Å². The quantitative estimate of drug-likeness (QED) is 0.654. The van der Waals surface area contributed by atoms with Crippen LogP contribution in [0.15, 0.2) is 59.5 Å². The van der Waals surface area contributed by atoms with Gasteiger partial charge in [0.15, 0.2) is 0 Å². The van der Waals surface area contributed by atoms with Gasteiger partial charge in [0, 0.05) is 18.0 Å². The Bertz CT molecular complexity index is 1280. The molecule has 2 amide bonds. The van der Waals surface area contributed by atoms with Crippen LogP contribution in [0, 0.1) is 0 Å². The van der Waals surface area contributed by atoms with Crippen molar-refractivity contribution in [3.8, 4) is 5.75 Å². The molecule has 154 valence electrons. The van der Waals surface area contributed by atoms with Crippen LogP contribution in [0.5, 0.6) is 5.75 Å². The summed E-state index contributed by atoms with van der Waals surface area (Å²) < 4.78 is 32.4. The molecule has 9 heteroatoms. The van der Waals surface area contributed by atoms with Gasteiger partial charge in [-0.3, -0.25) is 13.9 Å². The van der Waals surface area contributed by atoms with Crippen LogP contribution in [0.1, 0.15) is 6.92 Å². The number of anilines is 3. The summed E-state index contributed by atoms with van der Waals surface area (Å²) in [4.78, 5) is 24.3. The van der Waals surface area contributed by atoms with E-state index in [2.05, 4.69) is 10.6 Å². The maximum Gasteiger partial charge on any atom is 0.265 e. The van der Waals surface area contributed by atoms with E-state index in [1.165, 1.54) is 14.0 Å². The molecule has 0 atom stereocenters. The molecule has 0 fully saturated rings. The Hall–Kier alpha value is -3.59. The Balaban J connectivity index is 1.63. The van der Waals surface area contributed by atoms with Gasteiger partial charge >= 0.3 is 0 Å². The van der Waals surface area contributed by atoms with Crippen molar-refractivity contribution in [2.24, 2.45) is 0 Å². The predicted molar refractivity (Wildman–Crippen MR) is 114 cm³/mol. The van der Waals surface area contributed by atoms with Gasteiger partial charge in [-0.1, -0.05) is 24.3 Å². The number of carbonyl (C=O) groups is 2. The van der Waals surface area contributed by atoms with E-state index in [1.807, 2.05) is 12.1 Å². The minimum Gasteiger partial charge on any atom is -0.495 e. The standard InChI is InChI=1S/C21H19N3O5S/c1-13(25)22-15-9-10-18(29-2)16(11-15)23-20(26)12-24-17-7-3-5-14-6-4-8-19(21(14)17)30(24,27)28/h3-11H,12H2,1-2H3,(H,22,25)(H,23,26). The number of amides is 2. The molecule has 1 aliphatic heterocycles. The van der Waals surface area contributed by atoms with Gasteiger partial charge in [-0.15, -0.1) is 0 Å². The number of hydrogen-bond donors (Lipinski definition) is 2. The number of benzene rings is 3. The van der Waals surface area contributed by atoms with E-state index in [9.17, 15) is 18.0 Å². The summed E-state index contributed by atoms with van der Waals surface area (Å²) in [6.07, 6.45) is 0. The molecule has 0 saturated heterocycles. The molecule has 2 N–H and O–H groups in total. The van der Waals surface area contributed by atoms with E-state index < -0.39 is 22.5 Å². The zero-order valence-electron chi connectivity index (χ0n) is 16.3. The van der Waals surface area contributed by atoms with Gasteiger partial charge in [0.05, 0.1) is 23.4 Å². The monoisotopic (exact) mass is 425 g/mol. The minimum atomic E-state index is -3.84. The van der Waals surface area contributed by atoms with Crippen molar-refractivity contribution in [1.29, 1.82) is 0 Å². The molecule has 4 rings (SSSR count). The highest BCUT2D eigenvalue weighted by molar-refractivity contribution is 7.93. The van der Waals surface area contributed by atoms with Crippen LogP contribution in [0.4, 0.5) is 17.1 Å². The molecule has 0 saturated carbocycles. The highest BCUT2D eigenvalue weighted by atomic mass is 32.2. The van der Waals surface area contributed by atoms with E-state index in [4.69, 9.17) is 4.74 Å². The first kappa shape index (κ1) is 19.7. The van der Waals surface area contributed by atoms with E-state index in [0.29, 0.717) is 28.2 Å². The van der Waals surface area contributed by atoms with Gasteiger partial charge in [-0.2, -0.15) is 0 Å². The Labute approximate surface area is 173 Å². The zero-order chi connectivity index (χ0) is 21.5. The average molecular weight is 425 g/mol. The van der Waals surface area contributed by atoms with Gasteiger partial charge in [0.25, 0.3) is 10.0 Å². The molecule has 30 heavy (non-hydrogen) atoms. The third-order valence-electron chi connectivity index (χ3n) is 4.76. The molecule has 3 aromatic rings. The second-order valence-corrected chi connectivity index (χ2v) is 8.62. The Morgan fingerprint density at radius 2 is 1.77 bits per heavy atom. The van der Waals surface area contributed by atoms with Crippen LogP contribution in [0.25, 0.3) is 10.8 Å². The van der Waals surface area contributed by atoms with Gasteiger partial charge in [-0.05, 0) is 35.7 Å². The van der Waals surface area contributed by atoms with E-state index in [0.717, 1.165) is 9.69 Å². The molecule has 0 unspecified atom stereocenters. The Kier molecular flexibility index (Phi) is 4.83. The van der Waals surface area contributed by atoms with Gasteiger partial charge in [0.2, 0.25) is 11.8 Å². The fraction of sp³-hybridized carbons (Fsp3) is 0.143. The maximum atomic E-state index is 13.0. The average Bonchev–Trinajstić information content (AvgIpc) is 2.91.